The quantitative estimate of drug-likeness (QED) is 0.338. The minimum atomic E-state index is -0.0863. The highest BCUT2D eigenvalue weighted by molar-refractivity contribution is 6.42. The minimum Gasteiger partial charge on any atom is -0.341 e. The van der Waals surface area contributed by atoms with Crippen LogP contribution in [-0.2, 0) is 19.5 Å². The molecule has 0 aliphatic carbocycles. The number of benzene rings is 2. The highest BCUT2D eigenvalue weighted by atomic mass is 35.5. The molecule has 0 spiro atoms. The number of para-hydroxylation sites is 2. The molecule has 2 aromatic carbocycles. The minimum absolute atomic E-state index is 0.0177. The van der Waals surface area contributed by atoms with Gasteiger partial charge in [-0.25, -0.2) is 9.59 Å². The molecule has 1 saturated heterocycles. The molecule has 4 heterocycles. The first-order valence-corrected chi connectivity index (χ1v) is 14.6. The van der Waals surface area contributed by atoms with Crippen LogP contribution in [0.1, 0.15) is 36.6 Å². The van der Waals surface area contributed by atoms with E-state index in [0.29, 0.717) is 23.1 Å². The second-order valence-electron chi connectivity index (χ2n) is 10.6. The first-order chi connectivity index (χ1) is 19.4. The lowest BCUT2D eigenvalue weighted by molar-refractivity contribution is 0.181. The van der Waals surface area contributed by atoms with Gasteiger partial charge in [-0.05, 0) is 50.1 Å². The van der Waals surface area contributed by atoms with E-state index in [1.807, 2.05) is 45.9 Å². The largest absolute Gasteiger partial charge is 0.341 e. The number of aromatic nitrogens is 4. The van der Waals surface area contributed by atoms with Crippen LogP contribution in [0, 0.1) is 0 Å². The second-order valence-corrected chi connectivity index (χ2v) is 11.4. The number of nitrogens with one attached hydrogen (secondary N) is 2. The zero-order chi connectivity index (χ0) is 27.8. The van der Waals surface area contributed by atoms with Crippen LogP contribution in [-0.4, -0.2) is 68.4 Å². The van der Waals surface area contributed by atoms with Crippen LogP contribution >= 0.6 is 23.2 Å². The van der Waals surface area contributed by atoms with E-state index >= 15 is 0 Å². The van der Waals surface area contributed by atoms with E-state index in [2.05, 4.69) is 19.9 Å². The molecule has 2 aliphatic heterocycles. The number of aromatic amines is 1. The molecular formula is C29H33Cl2N7O2. The van der Waals surface area contributed by atoms with Gasteiger partial charge in [-0.15, -0.1) is 0 Å². The van der Waals surface area contributed by atoms with E-state index < -0.39 is 0 Å². The molecule has 6 rings (SSSR count). The number of rotatable bonds is 6. The Bertz CT molecular complexity index is 1600. The van der Waals surface area contributed by atoms with Crippen LogP contribution in [0.25, 0.3) is 22.3 Å². The molecule has 0 saturated carbocycles. The van der Waals surface area contributed by atoms with Crippen molar-refractivity contribution in [1.29, 1.82) is 0 Å². The summed E-state index contributed by atoms with van der Waals surface area (Å²) in [6.07, 6.45) is 3.62. The lowest BCUT2D eigenvalue weighted by atomic mass is 10.0. The third-order valence-electron chi connectivity index (χ3n) is 8.22. The molecule has 0 atom stereocenters. The molecule has 210 valence electrons. The number of piperidine rings is 1. The van der Waals surface area contributed by atoms with Crippen LogP contribution in [0.2, 0.25) is 10.0 Å². The molecule has 2 amide bonds. The van der Waals surface area contributed by atoms with Crippen LogP contribution in [0.15, 0.2) is 47.3 Å². The molecule has 2 aromatic heterocycles. The maximum Gasteiger partial charge on any atom is 0.326 e. The number of hydrogen-bond donors (Lipinski definition) is 2. The van der Waals surface area contributed by atoms with Gasteiger partial charge in [-0.1, -0.05) is 41.4 Å². The molecule has 0 unspecified atom stereocenters. The molecule has 11 heteroatoms. The van der Waals surface area contributed by atoms with Crippen molar-refractivity contribution in [3.8, 4) is 11.3 Å². The van der Waals surface area contributed by atoms with Gasteiger partial charge in [0.1, 0.15) is 0 Å². The highest BCUT2D eigenvalue weighted by Crippen LogP contribution is 2.34. The maximum atomic E-state index is 12.6. The highest BCUT2D eigenvalue weighted by Gasteiger charge is 2.28. The first kappa shape index (κ1) is 26.9. The number of imidazole rings is 1. The van der Waals surface area contributed by atoms with E-state index in [1.165, 1.54) is 5.69 Å². The van der Waals surface area contributed by atoms with Crippen molar-refractivity contribution in [3.05, 3.63) is 74.3 Å². The fourth-order valence-electron chi connectivity index (χ4n) is 6.16. The summed E-state index contributed by atoms with van der Waals surface area (Å²) in [4.78, 5) is 32.3. The van der Waals surface area contributed by atoms with Crippen molar-refractivity contribution in [1.82, 2.24) is 34.4 Å². The van der Waals surface area contributed by atoms with Gasteiger partial charge in [0.05, 0.1) is 33.3 Å². The van der Waals surface area contributed by atoms with E-state index in [-0.39, 0.29) is 17.8 Å². The Morgan fingerprint density at radius 2 is 1.88 bits per heavy atom. The Morgan fingerprint density at radius 3 is 2.65 bits per heavy atom. The van der Waals surface area contributed by atoms with E-state index in [0.717, 1.165) is 79.7 Å². The molecule has 2 N–H and O–H groups in total. The number of urea groups is 1. The average molecular weight is 583 g/mol. The standard InChI is InChI=1S/C29H33Cl2N7O2/c1-32-28(39)36-16-11-25-21(18-36)27(19-7-8-22(30)23(31)17-19)34-37(25)13-4-12-35-14-9-20(10-15-35)38-26-6-3-2-5-24(26)33-29(38)40/h2-3,5-8,17,20H,4,9-16,18H2,1H3,(H,32,39)(H,33,40). The van der Waals surface area contributed by atoms with Crippen molar-refractivity contribution in [2.45, 2.75) is 44.8 Å². The topological polar surface area (TPSA) is 91.2 Å². The summed E-state index contributed by atoms with van der Waals surface area (Å²) in [5.41, 5.74) is 5.87. The van der Waals surface area contributed by atoms with Gasteiger partial charge < -0.3 is 20.1 Å². The third-order valence-corrected chi connectivity index (χ3v) is 8.96. The van der Waals surface area contributed by atoms with Crippen molar-refractivity contribution in [2.75, 3.05) is 33.2 Å². The number of amides is 2. The van der Waals surface area contributed by atoms with Gasteiger partial charge in [-0.3, -0.25) is 9.25 Å². The normalized spacial score (nSPS) is 16.4. The Hall–Kier alpha value is -3.27. The Balaban J connectivity index is 1.13. The van der Waals surface area contributed by atoms with Gasteiger partial charge in [0, 0.05) is 62.5 Å². The fraction of sp³-hybridized carbons (Fsp3) is 0.414. The zero-order valence-corrected chi connectivity index (χ0v) is 24.0. The average Bonchev–Trinajstić information content (AvgIpc) is 3.51. The molecule has 0 bridgehead atoms. The van der Waals surface area contributed by atoms with E-state index in [9.17, 15) is 9.59 Å². The summed E-state index contributed by atoms with van der Waals surface area (Å²) in [6, 6.07) is 13.6. The summed E-state index contributed by atoms with van der Waals surface area (Å²) in [5.74, 6) is 0. The van der Waals surface area contributed by atoms with Crippen molar-refractivity contribution < 1.29 is 4.79 Å². The molecule has 2 aliphatic rings. The fourth-order valence-corrected chi connectivity index (χ4v) is 6.46. The Labute approximate surface area is 242 Å². The van der Waals surface area contributed by atoms with Gasteiger partial charge in [0.2, 0.25) is 0 Å². The van der Waals surface area contributed by atoms with Crippen LogP contribution in [0.3, 0.4) is 0 Å². The number of nitrogens with zero attached hydrogens (tertiary/aromatic N) is 5. The smallest absolute Gasteiger partial charge is 0.326 e. The predicted octanol–water partition coefficient (Wildman–Crippen LogP) is 4.92. The lowest BCUT2D eigenvalue weighted by Crippen LogP contribution is -2.41. The van der Waals surface area contributed by atoms with Gasteiger partial charge in [0.25, 0.3) is 0 Å². The molecule has 9 nitrogen and oxygen atoms in total. The molecule has 0 radical (unpaired) electrons. The number of carbonyl (C=O) groups is 1. The van der Waals surface area contributed by atoms with E-state index in [4.69, 9.17) is 28.3 Å². The number of aryl methyl sites for hydroxylation is 1. The molecule has 4 aromatic rings. The van der Waals surface area contributed by atoms with Crippen LogP contribution in [0.4, 0.5) is 4.79 Å². The summed E-state index contributed by atoms with van der Waals surface area (Å²) < 4.78 is 4.06. The number of fused-ring (bicyclic) bond motifs is 2. The van der Waals surface area contributed by atoms with Gasteiger partial charge in [-0.2, -0.15) is 5.10 Å². The number of hydrogen-bond acceptors (Lipinski definition) is 4. The Kier molecular flexibility index (Phi) is 7.61. The van der Waals surface area contributed by atoms with Gasteiger partial charge >= 0.3 is 11.7 Å². The SMILES string of the molecule is CNC(=O)N1CCc2c(c(-c3ccc(Cl)c(Cl)c3)nn2CCCN2CCC(n3c(=O)[nH]c4ccccc43)CC2)C1. The van der Waals surface area contributed by atoms with E-state index in [1.54, 1.807) is 13.1 Å². The Morgan fingerprint density at radius 1 is 1.07 bits per heavy atom. The van der Waals surface area contributed by atoms with Crippen molar-refractivity contribution in [2.24, 2.45) is 0 Å². The second kappa shape index (κ2) is 11.3. The zero-order valence-electron chi connectivity index (χ0n) is 22.5. The predicted molar refractivity (Wildman–Crippen MR) is 158 cm³/mol. The summed E-state index contributed by atoms with van der Waals surface area (Å²) in [5, 5.41) is 8.74. The summed E-state index contributed by atoms with van der Waals surface area (Å²) >= 11 is 12.5. The van der Waals surface area contributed by atoms with Gasteiger partial charge in [0.15, 0.2) is 0 Å². The maximum absolute atomic E-state index is 12.6. The number of likely N-dealkylation sites (tertiary alicyclic amines) is 1. The number of carbonyl (C=O) groups excluding carboxylic acids is 1. The molecule has 40 heavy (non-hydrogen) atoms. The first-order valence-electron chi connectivity index (χ1n) is 13.8. The number of H-pyrrole nitrogens is 1. The monoisotopic (exact) mass is 581 g/mol. The molecule has 1 fully saturated rings. The van der Waals surface area contributed by atoms with Crippen LogP contribution < -0.4 is 11.0 Å². The summed E-state index contributed by atoms with van der Waals surface area (Å²) in [6.45, 7) is 4.85. The van der Waals surface area contributed by atoms with Crippen molar-refractivity contribution in [3.63, 3.8) is 0 Å². The van der Waals surface area contributed by atoms with Crippen LogP contribution in [0.5, 0.6) is 0 Å². The molecular weight excluding hydrogens is 549 g/mol. The van der Waals surface area contributed by atoms with Crippen molar-refractivity contribution >= 4 is 40.3 Å². The lowest BCUT2D eigenvalue weighted by Gasteiger charge is -2.32. The summed E-state index contributed by atoms with van der Waals surface area (Å²) in [7, 11) is 1.66. The number of halogens is 2. The third kappa shape index (κ3) is 5.13.